The summed E-state index contributed by atoms with van der Waals surface area (Å²) in [4.78, 5) is 13.5. The van der Waals surface area contributed by atoms with Gasteiger partial charge in [0.2, 0.25) is 0 Å². The molecular formula is C10H19NO3. The Balaban J connectivity index is 2.50. The van der Waals surface area contributed by atoms with Gasteiger partial charge < -0.3 is 14.7 Å². The predicted octanol–water partition coefficient (Wildman–Crippen LogP) is 0.252. The van der Waals surface area contributed by atoms with Crippen molar-refractivity contribution in [2.75, 3.05) is 26.7 Å². The van der Waals surface area contributed by atoms with Crippen LogP contribution in [-0.4, -0.2) is 48.8 Å². The molecule has 0 saturated carbocycles. The number of methoxy groups -OCH3 is 1. The molecule has 1 N–H and O–H groups in total. The molecule has 0 spiro atoms. The highest BCUT2D eigenvalue weighted by Gasteiger charge is 2.33. The molecule has 1 aliphatic rings. The van der Waals surface area contributed by atoms with Crippen molar-refractivity contribution in [3.8, 4) is 0 Å². The number of carbonyl (C=O) groups excluding carboxylic acids is 1. The number of hydrogen-bond donors (Lipinski definition) is 1. The van der Waals surface area contributed by atoms with Crippen LogP contribution in [0.5, 0.6) is 0 Å². The van der Waals surface area contributed by atoms with E-state index in [0.29, 0.717) is 13.0 Å². The second-order valence-electron chi connectivity index (χ2n) is 3.79. The van der Waals surface area contributed by atoms with Gasteiger partial charge in [0.1, 0.15) is 0 Å². The molecular weight excluding hydrogens is 182 g/mol. The van der Waals surface area contributed by atoms with Crippen LogP contribution in [0.3, 0.4) is 0 Å². The minimum Gasteiger partial charge on any atom is -0.469 e. The number of likely N-dealkylation sites (tertiary alicyclic amines) is 1. The van der Waals surface area contributed by atoms with Gasteiger partial charge in [-0.25, -0.2) is 0 Å². The van der Waals surface area contributed by atoms with E-state index in [1.54, 1.807) is 0 Å². The Hall–Kier alpha value is -0.610. The van der Waals surface area contributed by atoms with Crippen molar-refractivity contribution in [1.29, 1.82) is 0 Å². The quantitative estimate of drug-likeness (QED) is 0.665. The number of nitrogens with zero attached hydrogens (tertiary/aromatic N) is 1. The summed E-state index contributed by atoms with van der Waals surface area (Å²) in [5.74, 6) is -0.654. The van der Waals surface area contributed by atoms with Crippen LogP contribution in [0.15, 0.2) is 0 Å². The van der Waals surface area contributed by atoms with E-state index in [2.05, 4.69) is 16.6 Å². The maximum atomic E-state index is 11.3. The smallest absolute Gasteiger partial charge is 0.312 e. The van der Waals surface area contributed by atoms with Gasteiger partial charge in [-0.05, 0) is 19.4 Å². The van der Waals surface area contributed by atoms with Gasteiger partial charge in [0.15, 0.2) is 0 Å². The molecule has 4 nitrogen and oxygen atoms in total. The number of piperidine rings is 1. The molecule has 82 valence electrons. The maximum Gasteiger partial charge on any atom is 0.312 e. The van der Waals surface area contributed by atoms with Crippen molar-refractivity contribution in [2.24, 2.45) is 5.92 Å². The van der Waals surface area contributed by atoms with E-state index in [1.807, 2.05) is 0 Å². The van der Waals surface area contributed by atoms with E-state index in [0.717, 1.165) is 19.5 Å². The predicted molar refractivity (Wildman–Crippen MR) is 52.9 cm³/mol. The number of hydrogen-bond acceptors (Lipinski definition) is 4. The van der Waals surface area contributed by atoms with Crippen molar-refractivity contribution in [1.82, 2.24) is 4.90 Å². The normalized spacial score (nSPS) is 28.8. The van der Waals surface area contributed by atoms with E-state index in [-0.39, 0.29) is 11.9 Å². The third-order valence-corrected chi connectivity index (χ3v) is 2.70. The molecule has 0 amide bonds. The molecule has 0 aromatic carbocycles. The summed E-state index contributed by atoms with van der Waals surface area (Å²) in [5.41, 5.74) is 0. The van der Waals surface area contributed by atoms with Crippen LogP contribution >= 0.6 is 0 Å². The maximum absolute atomic E-state index is 11.3. The summed E-state index contributed by atoms with van der Waals surface area (Å²) < 4.78 is 4.66. The Kier molecular flexibility index (Phi) is 4.35. The van der Waals surface area contributed by atoms with Gasteiger partial charge in [-0.15, -0.1) is 0 Å². The molecule has 1 fully saturated rings. The van der Waals surface area contributed by atoms with Gasteiger partial charge in [-0.1, -0.05) is 6.92 Å². The summed E-state index contributed by atoms with van der Waals surface area (Å²) >= 11 is 0. The minimum absolute atomic E-state index is 0.293. The number of aliphatic hydroxyl groups is 1. The molecule has 0 aromatic heterocycles. The van der Waals surface area contributed by atoms with E-state index < -0.39 is 6.10 Å². The van der Waals surface area contributed by atoms with Crippen molar-refractivity contribution in [3.63, 3.8) is 0 Å². The number of rotatable bonds is 3. The van der Waals surface area contributed by atoms with Crippen molar-refractivity contribution in [3.05, 3.63) is 0 Å². The number of carbonyl (C=O) groups is 1. The lowest BCUT2D eigenvalue weighted by Gasteiger charge is -2.34. The first-order valence-electron chi connectivity index (χ1n) is 5.17. The lowest BCUT2D eigenvalue weighted by atomic mass is 9.95. The molecule has 1 heterocycles. The third-order valence-electron chi connectivity index (χ3n) is 2.70. The Morgan fingerprint density at radius 2 is 2.36 bits per heavy atom. The fourth-order valence-electron chi connectivity index (χ4n) is 1.91. The molecule has 0 aliphatic carbocycles. The van der Waals surface area contributed by atoms with Crippen LogP contribution in [0.4, 0.5) is 0 Å². The Bertz CT molecular complexity index is 196. The van der Waals surface area contributed by atoms with E-state index in [1.165, 1.54) is 7.11 Å². The van der Waals surface area contributed by atoms with Gasteiger partial charge >= 0.3 is 5.97 Å². The molecule has 14 heavy (non-hydrogen) atoms. The third kappa shape index (κ3) is 2.69. The topological polar surface area (TPSA) is 49.8 Å². The summed E-state index contributed by atoms with van der Waals surface area (Å²) in [6.07, 6.45) is 1.21. The lowest BCUT2D eigenvalue weighted by molar-refractivity contribution is -0.152. The van der Waals surface area contributed by atoms with Crippen molar-refractivity contribution in [2.45, 2.75) is 25.9 Å². The molecule has 1 saturated heterocycles. The summed E-state index contributed by atoms with van der Waals surface area (Å²) in [5, 5.41) is 9.63. The summed E-state index contributed by atoms with van der Waals surface area (Å²) in [6, 6.07) is 0. The number of ether oxygens (including phenoxy) is 1. The van der Waals surface area contributed by atoms with Gasteiger partial charge in [0.05, 0.1) is 19.1 Å². The van der Waals surface area contributed by atoms with Crippen molar-refractivity contribution >= 4 is 5.97 Å². The monoisotopic (exact) mass is 201 g/mol. The van der Waals surface area contributed by atoms with Crippen molar-refractivity contribution < 1.29 is 14.6 Å². The molecule has 1 rings (SSSR count). The first-order chi connectivity index (χ1) is 6.69. The highest BCUT2D eigenvalue weighted by atomic mass is 16.5. The van der Waals surface area contributed by atoms with Gasteiger partial charge in [0, 0.05) is 13.1 Å². The molecule has 2 atom stereocenters. The van der Waals surface area contributed by atoms with Crippen LogP contribution in [0.25, 0.3) is 0 Å². The van der Waals surface area contributed by atoms with Crippen LogP contribution in [0.1, 0.15) is 19.8 Å². The summed E-state index contributed by atoms with van der Waals surface area (Å²) in [6.45, 7) is 4.60. The molecule has 0 aromatic rings. The Morgan fingerprint density at radius 1 is 1.64 bits per heavy atom. The van der Waals surface area contributed by atoms with Crippen LogP contribution in [-0.2, 0) is 9.53 Å². The van der Waals surface area contributed by atoms with Crippen LogP contribution < -0.4 is 0 Å². The molecule has 0 bridgehead atoms. The second kappa shape index (κ2) is 5.32. The first-order valence-corrected chi connectivity index (χ1v) is 5.17. The SMILES string of the molecule is CCCN1CC[C@@H](O)[C@H](C(=O)OC)C1. The standard InChI is InChI=1S/C10H19NO3/c1-3-5-11-6-4-9(12)8(7-11)10(13)14-2/h8-9,12H,3-7H2,1-2H3/t8-,9-/m1/s1. The highest BCUT2D eigenvalue weighted by Crippen LogP contribution is 2.18. The molecule has 0 unspecified atom stereocenters. The molecule has 4 heteroatoms. The fraction of sp³-hybridized carbons (Fsp3) is 0.900. The zero-order valence-electron chi connectivity index (χ0n) is 8.90. The Labute approximate surface area is 84.8 Å². The zero-order chi connectivity index (χ0) is 10.6. The largest absolute Gasteiger partial charge is 0.469 e. The number of aliphatic hydroxyl groups excluding tert-OH is 1. The first kappa shape index (κ1) is 11.5. The summed E-state index contributed by atoms with van der Waals surface area (Å²) in [7, 11) is 1.37. The molecule has 1 aliphatic heterocycles. The van der Waals surface area contributed by atoms with Crippen LogP contribution in [0, 0.1) is 5.92 Å². The van der Waals surface area contributed by atoms with E-state index >= 15 is 0 Å². The Morgan fingerprint density at radius 3 is 2.93 bits per heavy atom. The van der Waals surface area contributed by atoms with E-state index in [9.17, 15) is 9.90 Å². The highest BCUT2D eigenvalue weighted by molar-refractivity contribution is 5.73. The fourth-order valence-corrected chi connectivity index (χ4v) is 1.91. The second-order valence-corrected chi connectivity index (χ2v) is 3.79. The minimum atomic E-state index is -0.532. The lowest BCUT2D eigenvalue weighted by Crippen LogP contribution is -2.47. The van der Waals surface area contributed by atoms with Crippen LogP contribution in [0.2, 0.25) is 0 Å². The number of esters is 1. The van der Waals surface area contributed by atoms with Gasteiger partial charge in [0.25, 0.3) is 0 Å². The van der Waals surface area contributed by atoms with Gasteiger partial charge in [-0.2, -0.15) is 0 Å². The zero-order valence-corrected chi connectivity index (χ0v) is 8.90. The average Bonchev–Trinajstić information content (AvgIpc) is 2.20. The average molecular weight is 201 g/mol. The van der Waals surface area contributed by atoms with Gasteiger partial charge in [-0.3, -0.25) is 4.79 Å². The van der Waals surface area contributed by atoms with E-state index in [4.69, 9.17) is 0 Å². The molecule has 0 radical (unpaired) electrons.